The molecule has 3 heterocycles. The third-order valence-corrected chi connectivity index (χ3v) is 6.30. The number of rotatable bonds is 2. The van der Waals surface area contributed by atoms with Crippen LogP contribution in [0, 0.1) is 13.8 Å². The van der Waals surface area contributed by atoms with Crippen LogP contribution in [0.25, 0.3) is 21.8 Å². The molecular formula is C24H22Br2N2O4. The summed E-state index contributed by atoms with van der Waals surface area (Å²) in [5, 5.41) is 2.16. The Kier molecular flexibility index (Phi) is 6.95. The number of hydrogen-bond donors (Lipinski definition) is 1. The van der Waals surface area contributed by atoms with Gasteiger partial charge in [-0.1, -0.05) is 44.0 Å². The second kappa shape index (κ2) is 9.70. The predicted octanol–water partition coefficient (Wildman–Crippen LogP) is 5.04. The molecule has 1 N–H and O–H groups in total. The molecule has 0 atom stereocenters. The zero-order chi connectivity index (χ0) is 22.8. The smallest absolute Gasteiger partial charge is 0.251 e. The van der Waals surface area contributed by atoms with Crippen molar-refractivity contribution in [2.24, 2.45) is 0 Å². The number of aromatic amines is 1. The molecule has 0 amide bonds. The molecule has 0 spiro atoms. The number of H-pyrrole nitrogens is 1. The number of nitrogens with one attached hydrogen (secondary N) is 1. The lowest BCUT2D eigenvalue weighted by atomic mass is 10.1. The predicted molar refractivity (Wildman–Crippen MR) is 133 cm³/mol. The van der Waals surface area contributed by atoms with Gasteiger partial charge in [-0.2, -0.15) is 0 Å². The fourth-order valence-corrected chi connectivity index (χ4v) is 4.49. The average molecular weight is 562 g/mol. The van der Waals surface area contributed by atoms with Crippen LogP contribution in [0.15, 0.2) is 67.1 Å². The lowest BCUT2D eigenvalue weighted by molar-refractivity contribution is -0.0522. The normalized spacial score (nSPS) is 14.0. The number of aromatic nitrogens is 2. The van der Waals surface area contributed by atoms with E-state index < -0.39 is 0 Å². The van der Waals surface area contributed by atoms with Crippen LogP contribution in [0.2, 0.25) is 0 Å². The first-order valence-electron chi connectivity index (χ1n) is 10.1. The highest BCUT2D eigenvalue weighted by Crippen LogP contribution is 2.22. The molecule has 0 saturated carbocycles. The highest BCUT2D eigenvalue weighted by Gasteiger charge is 2.18. The average Bonchev–Trinajstić information content (AvgIpc) is 3.24. The molecule has 1 aliphatic rings. The molecule has 0 radical (unpaired) electrons. The summed E-state index contributed by atoms with van der Waals surface area (Å²) < 4.78 is 14.5. The third kappa shape index (κ3) is 5.04. The van der Waals surface area contributed by atoms with Crippen LogP contribution in [0.4, 0.5) is 0 Å². The van der Waals surface area contributed by atoms with E-state index >= 15 is 0 Å². The maximum Gasteiger partial charge on any atom is 0.251 e. The fourth-order valence-electron chi connectivity index (χ4n) is 3.78. The van der Waals surface area contributed by atoms with Crippen LogP contribution in [0.5, 0.6) is 0 Å². The molecule has 0 aliphatic carbocycles. The Morgan fingerprint density at radius 2 is 1.53 bits per heavy atom. The van der Waals surface area contributed by atoms with Gasteiger partial charge in [-0.25, -0.2) is 0 Å². The van der Waals surface area contributed by atoms with Crippen LogP contribution in [0.1, 0.15) is 11.1 Å². The second-order valence-corrected chi connectivity index (χ2v) is 9.45. The maximum atomic E-state index is 12.2. The minimum absolute atomic E-state index is 0.0257. The van der Waals surface area contributed by atoms with E-state index in [4.69, 9.17) is 9.47 Å². The summed E-state index contributed by atoms with van der Waals surface area (Å²) in [5.41, 5.74) is 3.69. The zero-order valence-electron chi connectivity index (χ0n) is 17.7. The van der Waals surface area contributed by atoms with Crippen LogP contribution >= 0.6 is 31.9 Å². The highest BCUT2D eigenvalue weighted by atomic mass is 79.9. The number of halogens is 2. The van der Waals surface area contributed by atoms with Gasteiger partial charge in [0, 0.05) is 37.4 Å². The largest absolute Gasteiger partial charge is 0.348 e. The third-order valence-electron chi connectivity index (χ3n) is 5.32. The summed E-state index contributed by atoms with van der Waals surface area (Å²) in [6.45, 7) is 5.49. The Morgan fingerprint density at radius 1 is 0.906 bits per heavy atom. The van der Waals surface area contributed by atoms with Crippen LogP contribution in [-0.4, -0.2) is 29.1 Å². The minimum Gasteiger partial charge on any atom is -0.348 e. The van der Waals surface area contributed by atoms with E-state index in [1.54, 1.807) is 16.7 Å². The van der Waals surface area contributed by atoms with Gasteiger partial charge in [-0.05, 0) is 49.2 Å². The Labute approximate surface area is 201 Å². The molecule has 1 saturated heterocycles. The quantitative estimate of drug-likeness (QED) is 0.372. The molecule has 0 bridgehead atoms. The van der Waals surface area contributed by atoms with Gasteiger partial charge in [-0.15, -0.1) is 0 Å². The van der Waals surface area contributed by atoms with E-state index in [-0.39, 0.29) is 17.4 Å². The molecule has 2 aromatic heterocycles. The maximum absolute atomic E-state index is 12.2. The topological polar surface area (TPSA) is 73.3 Å². The number of aryl methyl sites for hydroxylation is 2. The second-order valence-electron chi connectivity index (χ2n) is 7.62. The molecule has 166 valence electrons. The summed E-state index contributed by atoms with van der Waals surface area (Å²) in [7, 11) is 0. The molecule has 1 fully saturated rings. The van der Waals surface area contributed by atoms with E-state index in [1.807, 2.05) is 50.2 Å². The van der Waals surface area contributed by atoms with E-state index in [0.717, 1.165) is 41.9 Å². The number of fused-ring (bicyclic) bond motifs is 2. The van der Waals surface area contributed by atoms with Gasteiger partial charge >= 0.3 is 0 Å². The summed E-state index contributed by atoms with van der Waals surface area (Å²) in [4.78, 5) is 26.1. The van der Waals surface area contributed by atoms with Crippen molar-refractivity contribution in [2.45, 2.75) is 26.7 Å². The standard InChI is InChI=1S/C14H14BrNO3.C10H8BrNO/c1-9-6-13(17)16(8-14-18-4-5-19-14)12-7-10(15)2-3-11(9)12;1-6-4-10(13)12-9-5-7(11)2-3-8(6)9/h2-3,6-7,14H,4-5,8H2,1H3;2-5H,1H3,(H,12,13). The Morgan fingerprint density at radius 3 is 2.25 bits per heavy atom. The van der Waals surface area contributed by atoms with Crippen molar-refractivity contribution in [2.75, 3.05) is 13.2 Å². The van der Waals surface area contributed by atoms with Gasteiger partial charge < -0.3 is 19.0 Å². The number of ether oxygens (including phenoxy) is 2. The highest BCUT2D eigenvalue weighted by molar-refractivity contribution is 9.10. The Hall–Kier alpha value is -2.26. The molecule has 32 heavy (non-hydrogen) atoms. The number of hydrogen-bond acceptors (Lipinski definition) is 4. The summed E-state index contributed by atoms with van der Waals surface area (Å²) in [6.07, 6.45) is -0.331. The molecule has 1 aliphatic heterocycles. The van der Waals surface area contributed by atoms with Crippen molar-refractivity contribution in [3.05, 3.63) is 89.3 Å². The van der Waals surface area contributed by atoms with Gasteiger partial charge in [0.25, 0.3) is 5.56 Å². The fraction of sp³-hybridized carbons (Fsp3) is 0.250. The summed E-state index contributed by atoms with van der Waals surface area (Å²) in [5.74, 6) is 0. The van der Waals surface area contributed by atoms with Crippen LogP contribution in [-0.2, 0) is 16.0 Å². The van der Waals surface area contributed by atoms with Crippen LogP contribution in [0.3, 0.4) is 0 Å². The minimum atomic E-state index is -0.331. The molecule has 6 nitrogen and oxygen atoms in total. The first kappa shape index (κ1) is 22.9. The van der Waals surface area contributed by atoms with E-state index in [9.17, 15) is 9.59 Å². The van der Waals surface area contributed by atoms with Gasteiger partial charge in [0.2, 0.25) is 5.56 Å². The van der Waals surface area contributed by atoms with Crippen molar-refractivity contribution in [3.8, 4) is 0 Å². The van der Waals surface area contributed by atoms with Crippen molar-refractivity contribution in [1.29, 1.82) is 0 Å². The van der Waals surface area contributed by atoms with E-state index in [1.165, 1.54) is 0 Å². The summed E-state index contributed by atoms with van der Waals surface area (Å²) in [6, 6.07) is 15.1. The Bertz CT molecular complexity index is 1410. The summed E-state index contributed by atoms with van der Waals surface area (Å²) >= 11 is 6.81. The monoisotopic (exact) mass is 560 g/mol. The van der Waals surface area contributed by atoms with Crippen molar-refractivity contribution < 1.29 is 9.47 Å². The molecule has 4 aromatic rings. The molecule has 2 aromatic carbocycles. The first-order chi connectivity index (χ1) is 15.3. The lowest BCUT2D eigenvalue weighted by Gasteiger charge is -2.15. The molecular weight excluding hydrogens is 540 g/mol. The van der Waals surface area contributed by atoms with Gasteiger partial charge in [0.15, 0.2) is 6.29 Å². The van der Waals surface area contributed by atoms with E-state index in [2.05, 4.69) is 36.8 Å². The molecule has 8 heteroatoms. The SMILES string of the molecule is Cc1cc(=O)[nH]c2cc(Br)ccc12.Cc1cc(=O)n(CC2OCCO2)c2cc(Br)ccc12. The first-order valence-corrected chi connectivity index (χ1v) is 11.7. The van der Waals surface area contributed by atoms with Crippen LogP contribution < -0.4 is 11.1 Å². The zero-order valence-corrected chi connectivity index (χ0v) is 20.8. The molecule has 5 rings (SSSR count). The Balaban J connectivity index is 0.000000165. The number of nitrogens with zero attached hydrogens (tertiary/aromatic N) is 1. The van der Waals surface area contributed by atoms with Gasteiger partial charge in [0.1, 0.15) is 0 Å². The van der Waals surface area contributed by atoms with Crippen molar-refractivity contribution >= 4 is 53.7 Å². The van der Waals surface area contributed by atoms with Crippen molar-refractivity contribution in [1.82, 2.24) is 9.55 Å². The van der Waals surface area contributed by atoms with E-state index in [0.29, 0.717) is 19.8 Å². The number of benzene rings is 2. The van der Waals surface area contributed by atoms with Gasteiger partial charge in [-0.3, -0.25) is 9.59 Å². The lowest BCUT2D eigenvalue weighted by Crippen LogP contribution is -2.27. The van der Waals surface area contributed by atoms with Gasteiger partial charge in [0.05, 0.1) is 25.3 Å². The number of pyridine rings is 2. The molecule has 0 unspecified atom stereocenters. The van der Waals surface area contributed by atoms with Crippen molar-refractivity contribution in [3.63, 3.8) is 0 Å².